The number of benzene rings is 2. The van der Waals surface area contributed by atoms with Crippen molar-refractivity contribution < 1.29 is 18.3 Å². The monoisotopic (exact) mass is 469 g/mol. The molecule has 0 fully saturated rings. The summed E-state index contributed by atoms with van der Waals surface area (Å²) < 4.78 is 33.0. The van der Waals surface area contributed by atoms with Gasteiger partial charge >= 0.3 is 0 Å². The molecule has 10 heteroatoms. The molecule has 0 unspecified atom stereocenters. The highest BCUT2D eigenvalue weighted by molar-refractivity contribution is 6.39. The van der Waals surface area contributed by atoms with E-state index in [1.807, 2.05) is 0 Å². The first kappa shape index (κ1) is 22.0. The van der Waals surface area contributed by atoms with Crippen molar-refractivity contribution in [3.05, 3.63) is 80.4 Å². The maximum atomic E-state index is 14.0. The fraction of sp³-hybridized carbons (Fsp3) is 0.0500. The number of hydrogen-bond acceptors (Lipinski definition) is 4. The van der Waals surface area contributed by atoms with E-state index in [1.54, 1.807) is 18.2 Å². The van der Waals surface area contributed by atoms with Crippen LogP contribution in [0.4, 0.5) is 8.78 Å². The van der Waals surface area contributed by atoms with Crippen LogP contribution in [0.25, 0.3) is 5.57 Å². The van der Waals surface area contributed by atoms with Crippen LogP contribution in [0, 0.1) is 11.6 Å². The van der Waals surface area contributed by atoms with Gasteiger partial charge in [0.25, 0.3) is 0 Å². The lowest BCUT2D eigenvalue weighted by atomic mass is 10.0. The van der Waals surface area contributed by atoms with E-state index in [2.05, 4.69) is 10.1 Å². The topological polar surface area (TPSA) is 54.3 Å². The van der Waals surface area contributed by atoms with Crippen LogP contribution in [-0.2, 0) is 4.79 Å². The Morgan fingerprint density at radius 2 is 1.77 bits per heavy atom. The van der Waals surface area contributed by atoms with E-state index in [0.29, 0.717) is 11.8 Å². The molecule has 0 radical (unpaired) electrons. The minimum atomic E-state index is -0.869. The van der Waals surface area contributed by atoms with Gasteiger partial charge in [-0.25, -0.2) is 13.8 Å². The first-order valence-corrected chi connectivity index (χ1v) is 9.44. The van der Waals surface area contributed by atoms with Gasteiger partial charge in [-0.3, -0.25) is 9.79 Å². The SMILES string of the molecule is CN=CN1N=C(Oc2c(F)ccc(F)c2Cl)C=C/C1=C(/C=O)c1c(Cl)cccc1Cl. The number of aldehydes is 1. The largest absolute Gasteiger partial charge is 0.433 e. The van der Waals surface area contributed by atoms with E-state index in [0.717, 1.165) is 12.1 Å². The molecule has 0 aromatic heterocycles. The van der Waals surface area contributed by atoms with E-state index in [9.17, 15) is 13.6 Å². The summed E-state index contributed by atoms with van der Waals surface area (Å²) >= 11 is 18.2. The number of carbonyl (C=O) groups excluding carboxylic acids is 1. The summed E-state index contributed by atoms with van der Waals surface area (Å²) in [6.45, 7) is 0. The molecule has 0 spiro atoms. The summed E-state index contributed by atoms with van der Waals surface area (Å²) in [5, 5.41) is 5.36. The first-order valence-electron chi connectivity index (χ1n) is 8.30. The van der Waals surface area contributed by atoms with Crippen LogP contribution in [0.1, 0.15) is 5.56 Å². The lowest BCUT2D eigenvalue weighted by Crippen LogP contribution is -2.24. The second kappa shape index (κ2) is 9.38. The average molecular weight is 471 g/mol. The summed E-state index contributed by atoms with van der Waals surface area (Å²) in [4.78, 5) is 15.8. The van der Waals surface area contributed by atoms with Gasteiger partial charge in [-0.05, 0) is 30.3 Å². The van der Waals surface area contributed by atoms with Crippen molar-refractivity contribution in [3.63, 3.8) is 0 Å². The van der Waals surface area contributed by atoms with Gasteiger partial charge in [0.15, 0.2) is 17.9 Å². The van der Waals surface area contributed by atoms with E-state index in [-0.39, 0.29) is 27.2 Å². The predicted molar refractivity (Wildman–Crippen MR) is 114 cm³/mol. The number of halogens is 5. The molecule has 0 saturated carbocycles. The van der Waals surface area contributed by atoms with Gasteiger partial charge in [0.1, 0.15) is 17.2 Å². The Morgan fingerprint density at radius 3 is 2.40 bits per heavy atom. The minimum absolute atomic E-state index is 0.124. The second-order valence-corrected chi connectivity index (χ2v) is 6.97. The van der Waals surface area contributed by atoms with Crippen molar-refractivity contribution >= 4 is 58.9 Å². The fourth-order valence-corrected chi connectivity index (χ4v) is 3.39. The molecule has 3 rings (SSSR count). The second-order valence-electron chi connectivity index (χ2n) is 5.78. The van der Waals surface area contributed by atoms with Crippen LogP contribution in [0.5, 0.6) is 5.75 Å². The molecule has 154 valence electrons. The van der Waals surface area contributed by atoms with E-state index >= 15 is 0 Å². The summed E-state index contributed by atoms with van der Waals surface area (Å²) in [5.74, 6) is -2.37. The number of allylic oxidation sites excluding steroid dienone is 2. The molecule has 1 aliphatic rings. The molecule has 0 bridgehead atoms. The predicted octanol–water partition coefficient (Wildman–Crippen LogP) is 5.76. The summed E-state index contributed by atoms with van der Waals surface area (Å²) in [7, 11) is 1.48. The Hall–Kier alpha value is -2.74. The standard InChI is InChI=1S/C20H12Cl3F2N3O2/c1-26-10-28-16(11(9-29)18-12(21)3-2-4-13(18)22)7-8-17(27-28)30-20-15(25)6-5-14(24)19(20)23/h2-10H,1H3/b16-11+,26-10?. The fourth-order valence-electron chi connectivity index (χ4n) is 2.59. The Labute approximate surface area is 185 Å². The highest BCUT2D eigenvalue weighted by Gasteiger charge is 2.22. The number of aliphatic imine (C=N–C) groups is 1. The molecule has 5 nitrogen and oxygen atoms in total. The highest BCUT2D eigenvalue weighted by Crippen LogP contribution is 2.34. The Bertz CT molecular complexity index is 1110. The third-order valence-electron chi connectivity index (χ3n) is 3.90. The molecule has 2 aromatic carbocycles. The molecule has 0 atom stereocenters. The summed E-state index contributed by atoms with van der Waals surface area (Å²) in [6, 6.07) is 6.58. The number of rotatable bonds is 4. The van der Waals surface area contributed by atoms with E-state index in [4.69, 9.17) is 39.5 Å². The molecule has 0 saturated heterocycles. The van der Waals surface area contributed by atoms with Crippen LogP contribution in [0.2, 0.25) is 15.1 Å². The number of hydrogen-bond donors (Lipinski definition) is 0. The zero-order valence-electron chi connectivity index (χ0n) is 15.2. The smallest absolute Gasteiger partial charge is 0.237 e. The number of ether oxygens (including phenoxy) is 1. The Morgan fingerprint density at radius 1 is 1.10 bits per heavy atom. The molecular weight excluding hydrogens is 459 g/mol. The van der Waals surface area contributed by atoms with Gasteiger partial charge in [-0.1, -0.05) is 40.9 Å². The lowest BCUT2D eigenvalue weighted by Gasteiger charge is -2.22. The van der Waals surface area contributed by atoms with Crippen LogP contribution < -0.4 is 4.74 Å². The van der Waals surface area contributed by atoms with Crippen molar-refractivity contribution in [3.8, 4) is 5.75 Å². The molecule has 1 aliphatic heterocycles. The number of carbonyl (C=O) groups is 1. The first-order chi connectivity index (χ1) is 14.4. The summed E-state index contributed by atoms with van der Waals surface area (Å²) in [6.07, 6.45) is 4.69. The van der Waals surface area contributed by atoms with Crippen molar-refractivity contribution in [1.82, 2.24) is 5.01 Å². The third kappa shape index (κ3) is 4.38. The summed E-state index contributed by atoms with van der Waals surface area (Å²) in [5.41, 5.74) is 0.729. The molecule has 30 heavy (non-hydrogen) atoms. The number of nitrogens with zero attached hydrogens (tertiary/aromatic N) is 3. The van der Waals surface area contributed by atoms with Gasteiger partial charge < -0.3 is 4.74 Å². The van der Waals surface area contributed by atoms with Crippen molar-refractivity contribution in [1.29, 1.82) is 0 Å². The van der Waals surface area contributed by atoms with Crippen molar-refractivity contribution in [2.45, 2.75) is 0 Å². The zero-order chi connectivity index (χ0) is 21.8. The maximum absolute atomic E-state index is 14.0. The van der Waals surface area contributed by atoms with Crippen LogP contribution in [0.15, 0.2) is 58.3 Å². The van der Waals surface area contributed by atoms with Gasteiger partial charge in [-0.15, -0.1) is 5.10 Å². The van der Waals surface area contributed by atoms with Gasteiger partial charge in [0.05, 0.1) is 21.3 Å². The van der Waals surface area contributed by atoms with Crippen molar-refractivity contribution in [2.24, 2.45) is 10.1 Å². The Kier molecular flexibility index (Phi) is 6.87. The third-order valence-corrected chi connectivity index (χ3v) is 4.88. The maximum Gasteiger partial charge on any atom is 0.237 e. The highest BCUT2D eigenvalue weighted by atomic mass is 35.5. The Balaban J connectivity index is 2.07. The van der Waals surface area contributed by atoms with Crippen LogP contribution in [0.3, 0.4) is 0 Å². The van der Waals surface area contributed by atoms with E-state index in [1.165, 1.54) is 30.5 Å². The zero-order valence-corrected chi connectivity index (χ0v) is 17.5. The average Bonchev–Trinajstić information content (AvgIpc) is 2.72. The van der Waals surface area contributed by atoms with Gasteiger partial charge in [0, 0.05) is 18.7 Å². The van der Waals surface area contributed by atoms with E-state index < -0.39 is 22.4 Å². The van der Waals surface area contributed by atoms with Crippen molar-refractivity contribution in [2.75, 3.05) is 7.05 Å². The molecule has 1 heterocycles. The van der Waals surface area contributed by atoms with Gasteiger partial charge in [-0.2, -0.15) is 0 Å². The normalized spacial score (nSPS) is 15.4. The molecular formula is C20H12Cl3F2N3O2. The molecule has 0 amide bonds. The molecule has 0 N–H and O–H groups in total. The molecule has 2 aromatic rings. The number of hydrazone groups is 1. The lowest BCUT2D eigenvalue weighted by molar-refractivity contribution is -0.103. The van der Waals surface area contributed by atoms with Crippen LogP contribution >= 0.6 is 34.8 Å². The quantitative estimate of drug-likeness (QED) is 0.188. The van der Waals surface area contributed by atoms with Gasteiger partial charge in [0.2, 0.25) is 5.90 Å². The van der Waals surface area contributed by atoms with Crippen LogP contribution in [-0.4, -0.2) is 30.6 Å². The minimum Gasteiger partial charge on any atom is -0.433 e. The molecule has 0 aliphatic carbocycles.